The molecule has 9 heteroatoms. The molecule has 1 heterocycles. The Kier molecular flexibility index (Phi) is 6.29. The van der Waals surface area contributed by atoms with Gasteiger partial charge in [-0.1, -0.05) is 13.8 Å². The molecule has 0 aromatic heterocycles. The van der Waals surface area contributed by atoms with Gasteiger partial charge in [-0.25, -0.2) is 0 Å². The summed E-state index contributed by atoms with van der Waals surface area (Å²) < 4.78 is 5.66. The average Bonchev–Trinajstić information content (AvgIpc) is 2.83. The van der Waals surface area contributed by atoms with E-state index in [0.29, 0.717) is 12.4 Å². The summed E-state index contributed by atoms with van der Waals surface area (Å²) in [6.07, 6.45) is 0. The summed E-state index contributed by atoms with van der Waals surface area (Å²) in [6, 6.07) is 4.71. The van der Waals surface area contributed by atoms with E-state index in [1.54, 1.807) is 6.07 Å². The molecule has 136 valence electrons. The molecule has 2 rings (SSSR count). The van der Waals surface area contributed by atoms with Crippen molar-refractivity contribution in [3.63, 3.8) is 0 Å². The molecule has 0 aliphatic carbocycles. The zero-order chi connectivity index (χ0) is 18.4. The molecule has 0 spiro atoms. The quantitative estimate of drug-likeness (QED) is 0.355. The Hall–Kier alpha value is -2.68. The van der Waals surface area contributed by atoms with Gasteiger partial charge in [0.05, 0.1) is 17.7 Å². The van der Waals surface area contributed by atoms with Crippen LogP contribution in [-0.2, 0) is 4.84 Å². The van der Waals surface area contributed by atoms with E-state index in [9.17, 15) is 19.7 Å². The van der Waals surface area contributed by atoms with Gasteiger partial charge in [-0.2, -0.15) is 0 Å². The lowest BCUT2D eigenvalue weighted by Gasteiger charge is -2.18. The number of carbonyl (C=O) groups is 2. The first-order valence-corrected chi connectivity index (χ1v) is 8.10. The van der Waals surface area contributed by atoms with E-state index in [1.165, 1.54) is 12.1 Å². The molecule has 0 radical (unpaired) electrons. The highest BCUT2D eigenvalue weighted by Gasteiger charge is 2.35. The van der Waals surface area contributed by atoms with Gasteiger partial charge < -0.3 is 14.5 Å². The van der Waals surface area contributed by atoms with E-state index in [-0.39, 0.29) is 24.3 Å². The van der Waals surface area contributed by atoms with Crippen LogP contribution in [0.1, 0.15) is 34.6 Å². The highest BCUT2D eigenvalue weighted by atomic mass is 16.9. The maximum absolute atomic E-state index is 12.3. The fourth-order valence-corrected chi connectivity index (χ4v) is 2.60. The van der Waals surface area contributed by atoms with Crippen LogP contribution in [0.3, 0.4) is 0 Å². The molecule has 25 heavy (non-hydrogen) atoms. The minimum absolute atomic E-state index is 0.175. The van der Waals surface area contributed by atoms with Crippen LogP contribution in [0.15, 0.2) is 18.2 Å². The van der Waals surface area contributed by atoms with Gasteiger partial charge in [0.15, 0.2) is 0 Å². The second-order valence-electron chi connectivity index (χ2n) is 5.40. The van der Waals surface area contributed by atoms with Crippen molar-refractivity contribution in [2.75, 3.05) is 39.4 Å². The number of carbonyl (C=O) groups excluding carboxylic acids is 2. The van der Waals surface area contributed by atoms with E-state index >= 15 is 0 Å². The topological polar surface area (TPSA) is 102 Å². The van der Waals surface area contributed by atoms with Gasteiger partial charge in [-0.3, -0.25) is 14.5 Å². The van der Waals surface area contributed by atoms with Crippen molar-refractivity contribution < 1.29 is 24.3 Å². The molecule has 0 bridgehead atoms. The number of fused-ring (bicyclic) bond motifs is 1. The molecule has 0 N–H and O–H groups in total. The number of likely N-dealkylation sites (N-methyl/N-ethyl adjacent to an activating group) is 1. The number of rotatable bonds is 10. The van der Waals surface area contributed by atoms with Crippen molar-refractivity contribution in [1.82, 2.24) is 9.80 Å². The zero-order valence-corrected chi connectivity index (χ0v) is 14.3. The van der Waals surface area contributed by atoms with Gasteiger partial charge in [0.2, 0.25) is 0 Å². The normalized spacial score (nSPS) is 13.3. The number of benzene rings is 1. The monoisotopic (exact) mass is 351 g/mol. The van der Waals surface area contributed by atoms with Crippen LogP contribution >= 0.6 is 0 Å². The lowest BCUT2D eigenvalue weighted by molar-refractivity contribution is -0.757. The van der Waals surface area contributed by atoms with Crippen LogP contribution in [0.4, 0.5) is 0 Å². The number of hydrogen-bond donors (Lipinski definition) is 0. The van der Waals surface area contributed by atoms with Crippen LogP contribution in [0.5, 0.6) is 5.75 Å². The van der Waals surface area contributed by atoms with E-state index in [4.69, 9.17) is 4.74 Å². The molecule has 9 nitrogen and oxygen atoms in total. The second kappa shape index (κ2) is 8.43. The highest BCUT2D eigenvalue weighted by molar-refractivity contribution is 6.21. The predicted molar refractivity (Wildman–Crippen MR) is 88.0 cm³/mol. The molecule has 0 atom stereocenters. The van der Waals surface area contributed by atoms with Gasteiger partial charge in [-0.05, 0) is 31.3 Å². The molecule has 2 amide bonds. The summed E-state index contributed by atoms with van der Waals surface area (Å²) in [5, 5.41) is 9.21. The van der Waals surface area contributed by atoms with E-state index < -0.39 is 16.9 Å². The lowest BCUT2D eigenvalue weighted by atomic mass is 10.1. The first kappa shape index (κ1) is 18.7. The minimum Gasteiger partial charge on any atom is -0.492 e. The van der Waals surface area contributed by atoms with Crippen LogP contribution in [0, 0.1) is 10.1 Å². The number of imide groups is 1. The summed E-state index contributed by atoms with van der Waals surface area (Å²) in [7, 11) is 0. The molecule has 1 aliphatic heterocycles. The number of hydrogen-bond acceptors (Lipinski definition) is 7. The second-order valence-corrected chi connectivity index (χ2v) is 5.40. The van der Waals surface area contributed by atoms with Crippen molar-refractivity contribution in [3.05, 3.63) is 39.4 Å². The lowest BCUT2D eigenvalue weighted by Crippen LogP contribution is -2.33. The first-order chi connectivity index (χ1) is 12.0. The van der Waals surface area contributed by atoms with Crippen molar-refractivity contribution in [2.45, 2.75) is 13.8 Å². The van der Waals surface area contributed by atoms with Crippen LogP contribution < -0.4 is 4.74 Å². The third-order valence-corrected chi connectivity index (χ3v) is 4.02. The molecule has 1 aromatic carbocycles. The van der Waals surface area contributed by atoms with Crippen LogP contribution in [-0.4, -0.2) is 66.1 Å². The Labute approximate surface area is 145 Å². The van der Waals surface area contributed by atoms with Crippen molar-refractivity contribution in [2.24, 2.45) is 0 Å². The predicted octanol–water partition coefficient (Wildman–Crippen LogP) is 1.21. The summed E-state index contributed by atoms with van der Waals surface area (Å²) in [4.78, 5) is 42.0. The van der Waals surface area contributed by atoms with Crippen molar-refractivity contribution >= 4 is 11.8 Å². The average molecular weight is 351 g/mol. The van der Waals surface area contributed by atoms with E-state index in [1.807, 2.05) is 0 Å². The van der Waals surface area contributed by atoms with Crippen LogP contribution in [0.25, 0.3) is 0 Å². The molecule has 0 saturated carbocycles. The fourth-order valence-electron chi connectivity index (χ4n) is 2.60. The molecular formula is C16H21N3O6. The summed E-state index contributed by atoms with van der Waals surface area (Å²) >= 11 is 0. The Morgan fingerprint density at radius 3 is 2.44 bits per heavy atom. The highest BCUT2D eigenvalue weighted by Crippen LogP contribution is 2.26. The Morgan fingerprint density at radius 2 is 1.80 bits per heavy atom. The van der Waals surface area contributed by atoms with Gasteiger partial charge in [0, 0.05) is 6.54 Å². The third-order valence-electron chi connectivity index (χ3n) is 4.02. The molecular weight excluding hydrogens is 330 g/mol. The molecule has 0 saturated heterocycles. The third kappa shape index (κ3) is 4.44. The Balaban J connectivity index is 1.99. The van der Waals surface area contributed by atoms with Gasteiger partial charge in [0.1, 0.15) is 19.0 Å². The van der Waals surface area contributed by atoms with Gasteiger partial charge >= 0.3 is 0 Å². The van der Waals surface area contributed by atoms with E-state index in [2.05, 4.69) is 23.6 Å². The summed E-state index contributed by atoms with van der Waals surface area (Å²) in [5.41, 5.74) is 0.508. The number of ether oxygens (including phenoxy) is 1. The first-order valence-electron chi connectivity index (χ1n) is 8.10. The van der Waals surface area contributed by atoms with Crippen molar-refractivity contribution in [3.8, 4) is 5.75 Å². The largest absolute Gasteiger partial charge is 0.492 e. The fraction of sp³-hybridized carbons (Fsp3) is 0.500. The summed E-state index contributed by atoms with van der Waals surface area (Å²) in [6.45, 7) is 6.71. The Morgan fingerprint density at radius 1 is 1.12 bits per heavy atom. The maximum atomic E-state index is 12.3. The SMILES string of the molecule is CCN(CC)CCOc1ccc2c(c1)C(=O)N(CCO[N+](=O)[O-])C2=O. The van der Waals surface area contributed by atoms with Gasteiger partial charge in [0.25, 0.3) is 16.9 Å². The maximum Gasteiger partial charge on any atom is 0.294 e. The number of amides is 2. The smallest absolute Gasteiger partial charge is 0.294 e. The summed E-state index contributed by atoms with van der Waals surface area (Å²) in [5.74, 6) is -0.474. The standard InChI is InChI=1S/C16H21N3O6/c1-3-17(4-2)7-9-24-12-5-6-13-14(11-12)16(21)18(15(13)20)8-10-25-19(22)23/h5-6,11H,3-4,7-10H2,1-2H3. The van der Waals surface area contributed by atoms with Crippen molar-refractivity contribution in [1.29, 1.82) is 0 Å². The zero-order valence-electron chi connectivity index (χ0n) is 14.3. The van der Waals surface area contributed by atoms with Gasteiger partial charge in [-0.15, -0.1) is 10.1 Å². The molecule has 1 aliphatic rings. The van der Waals surface area contributed by atoms with E-state index in [0.717, 1.165) is 24.5 Å². The number of nitrogens with zero attached hydrogens (tertiary/aromatic N) is 3. The molecule has 1 aromatic rings. The molecule has 0 fully saturated rings. The minimum atomic E-state index is -0.958. The molecule has 0 unspecified atom stereocenters. The Bertz CT molecular complexity index is 659. The van der Waals surface area contributed by atoms with Crippen LogP contribution in [0.2, 0.25) is 0 Å².